The number of esters is 1. The number of hydrazine groups is 1. The first-order chi connectivity index (χ1) is 25.7. The molecule has 1 amide bonds. The number of rotatable bonds is 10. The lowest BCUT2D eigenvalue weighted by Crippen LogP contribution is -2.64. The van der Waals surface area contributed by atoms with Crippen molar-refractivity contribution in [2.75, 3.05) is 20.6 Å². The number of likely N-dealkylation sites (N-methyl/N-ethyl adjacent to an activating group) is 1. The lowest BCUT2D eigenvalue weighted by Gasteiger charge is -2.71. The van der Waals surface area contributed by atoms with E-state index in [2.05, 4.69) is 66.6 Å². The maximum atomic E-state index is 13.0. The summed E-state index contributed by atoms with van der Waals surface area (Å²) in [4.78, 5) is 44.6. The van der Waals surface area contributed by atoms with Gasteiger partial charge in [0.15, 0.2) is 0 Å². The van der Waals surface area contributed by atoms with Crippen molar-refractivity contribution >= 4 is 24.6 Å². The highest BCUT2D eigenvalue weighted by molar-refractivity contribution is 5.81. The number of carboxylic acid groups (broad SMARTS) is 1. The molecule has 0 heterocycles. The van der Waals surface area contributed by atoms with Gasteiger partial charge in [-0.05, 0) is 131 Å². The number of ether oxygens (including phenoxy) is 1. The van der Waals surface area contributed by atoms with E-state index in [0.29, 0.717) is 23.7 Å². The van der Waals surface area contributed by atoms with E-state index in [1.807, 2.05) is 46.5 Å². The van der Waals surface area contributed by atoms with Crippen LogP contribution in [0.4, 0.5) is 0 Å². The third-order valence-corrected chi connectivity index (χ3v) is 15.6. The van der Waals surface area contributed by atoms with E-state index in [1.54, 1.807) is 25.0 Å². The second kappa shape index (κ2) is 18.7. The Morgan fingerprint density at radius 3 is 2.07 bits per heavy atom. The fraction of sp³-hybridized carbons (Fsp3) is 0.826. The average molecular weight is 772 g/mol. The van der Waals surface area contributed by atoms with Gasteiger partial charge in [-0.15, -0.1) is 0 Å². The van der Waals surface area contributed by atoms with Gasteiger partial charge in [0.05, 0.1) is 18.4 Å². The molecule has 0 aromatic carbocycles. The number of carbonyl (C=O) groups is 4. The van der Waals surface area contributed by atoms with Crippen molar-refractivity contribution in [2.24, 2.45) is 62.4 Å². The van der Waals surface area contributed by atoms with Crippen LogP contribution < -0.4 is 5.73 Å². The van der Waals surface area contributed by atoms with Crippen LogP contribution in [0.1, 0.15) is 161 Å². The van der Waals surface area contributed by atoms with Crippen molar-refractivity contribution in [3.63, 3.8) is 0 Å². The molecule has 0 aromatic rings. The van der Waals surface area contributed by atoms with Gasteiger partial charge in [-0.2, -0.15) is 0 Å². The molecule has 0 bridgehead atoms. The topological polar surface area (TPSA) is 130 Å². The maximum Gasteiger partial charge on any atom is 0.309 e. The molecule has 5 rings (SSSR count). The minimum Gasteiger partial charge on any atom is -0.481 e. The van der Waals surface area contributed by atoms with Crippen molar-refractivity contribution < 1.29 is 29.0 Å². The molecule has 9 heteroatoms. The molecule has 4 fully saturated rings. The molecule has 55 heavy (non-hydrogen) atoms. The minimum atomic E-state index is -1.13. The number of aliphatic carboxylic acids is 1. The maximum absolute atomic E-state index is 13.0. The Balaban J connectivity index is 0.00000166. The fourth-order valence-electron chi connectivity index (χ4n) is 12.8. The number of nitrogens with two attached hydrogens (primary N) is 1. The third kappa shape index (κ3) is 8.48. The van der Waals surface area contributed by atoms with Crippen LogP contribution >= 0.6 is 0 Å². The van der Waals surface area contributed by atoms with Gasteiger partial charge < -0.3 is 25.4 Å². The number of amides is 1. The number of allylic oxidation sites excluding steroid dienone is 3. The Morgan fingerprint density at radius 2 is 1.55 bits per heavy atom. The summed E-state index contributed by atoms with van der Waals surface area (Å²) >= 11 is 0. The van der Waals surface area contributed by atoms with Crippen molar-refractivity contribution in [3.05, 3.63) is 22.9 Å². The van der Waals surface area contributed by atoms with Gasteiger partial charge in [-0.1, -0.05) is 86.5 Å². The Morgan fingerprint density at radius 1 is 0.945 bits per heavy atom. The first-order valence-corrected chi connectivity index (χ1v) is 21.5. The van der Waals surface area contributed by atoms with Crippen LogP contribution in [0.2, 0.25) is 0 Å². The van der Waals surface area contributed by atoms with E-state index in [1.165, 1.54) is 31.4 Å². The van der Waals surface area contributed by atoms with Gasteiger partial charge in [0, 0.05) is 25.2 Å². The Labute approximate surface area is 335 Å². The molecule has 0 radical (unpaired) electrons. The van der Waals surface area contributed by atoms with Gasteiger partial charge in [-0.3, -0.25) is 14.4 Å². The molecule has 9 atom stereocenters. The minimum absolute atomic E-state index is 0.0187. The monoisotopic (exact) mass is 772 g/mol. The summed E-state index contributed by atoms with van der Waals surface area (Å²) in [6.07, 6.45) is 13.3. The summed E-state index contributed by atoms with van der Waals surface area (Å²) in [5.74, 6) is 0.695. The normalized spacial score (nSPS) is 35.2. The van der Waals surface area contributed by atoms with E-state index in [-0.39, 0.29) is 58.5 Å². The Bertz CT molecular complexity index is 1420. The van der Waals surface area contributed by atoms with Gasteiger partial charge in [0.1, 0.15) is 12.9 Å². The number of carboxylic acids is 1. The van der Waals surface area contributed by atoms with Crippen molar-refractivity contribution in [1.29, 1.82) is 0 Å². The molecule has 0 aliphatic heterocycles. The second-order valence-corrected chi connectivity index (χ2v) is 18.6. The Hall–Kier alpha value is -2.68. The molecular weight excluding hydrogens is 691 g/mol. The summed E-state index contributed by atoms with van der Waals surface area (Å²) in [6.45, 7) is 30.5. The van der Waals surface area contributed by atoms with Crippen molar-refractivity contribution in [2.45, 2.75) is 167 Å². The first kappa shape index (κ1) is 48.5. The van der Waals surface area contributed by atoms with Crippen LogP contribution in [-0.2, 0) is 23.9 Å². The van der Waals surface area contributed by atoms with Crippen LogP contribution in [0.25, 0.3) is 0 Å². The van der Waals surface area contributed by atoms with E-state index in [0.717, 1.165) is 38.5 Å². The van der Waals surface area contributed by atoms with E-state index < -0.39 is 11.4 Å². The fourth-order valence-corrected chi connectivity index (χ4v) is 12.8. The lowest BCUT2D eigenvalue weighted by atomic mass is 9.34. The molecule has 5 aliphatic carbocycles. The lowest BCUT2D eigenvalue weighted by molar-refractivity contribution is -0.215. The summed E-state index contributed by atoms with van der Waals surface area (Å²) < 4.78 is 6.09. The highest BCUT2D eigenvalue weighted by Crippen LogP contribution is 2.76. The number of primary amides is 1. The predicted octanol–water partition coefficient (Wildman–Crippen LogP) is 9.85. The number of carbonyl (C=O) groups excluding carboxylic acids is 3. The molecule has 3 N–H and O–H groups in total. The van der Waals surface area contributed by atoms with Gasteiger partial charge >= 0.3 is 11.9 Å². The molecule has 0 spiro atoms. The van der Waals surface area contributed by atoms with Crippen LogP contribution in [0.15, 0.2) is 22.9 Å². The average Bonchev–Trinajstić information content (AvgIpc) is 3.53. The van der Waals surface area contributed by atoms with E-state index in [4.69, 9.17) is 15.3 Å². The molecule has 9 nitrogen and oxygen atoms in total. The summed E-state index contributed by atoms with van der Waals surface area (Å²) in [7, 11) is 4.08. The largest absolute Gasteiger partial charge is 0.481 e. The SMILES string of the molecule is C/C=C(\N(C)N(C)CC(N)=O)C12CCC(C(C)C)=C1C1CCC3C4(C)CCC(OC(=O)CC(C)(C)C(=O)O)C(C)C4CCC3(C)C1(C)CC2.C=O.CC.CC. The van der Waals surface area contributed by atoms with Crippen LogP contribution in [-0.4, -0.2) is 66.5 Å². The van der Waals surface area contributed by atoms with Crippen LogP contribution in [0, 0.1) is 56.7 Å². The molecule has 5 aliphatic rings. The third-order valence-electron chi connectivity index (χ3n) is 15.6. The molecule has 0 aromatic heterocycles. The summed E-state index contributed by atoms with van der Waals surface area (Å²) in [5, 5.41) is 13.8. The van der Waals surface area contributed by atoms with E-state index >= 15 is 0 Å². The standard InChI is InChI=1S/C41H67N3O5.2C2H6.CH2O/c1-12-32(44(11)43(10)24-33(42)45)41-20-15-27(25(2)3)35(41)29-13-14-31-38(7)18-17-30(49-34(46)23-37(5,6)36(47)48)26(4)28(38)16-19-40(31,9)39(29,8)21-22-41;3*1-2/h12,25-26,28-31H,13-24H2,1-11H3,(H2,42,45)(H,47,48);2*1-2H3;1H2/b32-12-;;;. The summed E-state index contributed by atoms with van der Waals surface area (Å²) in [5.41, 5.74) is 9.77. The number of nitrogens with zero attached hydrogens (tertiary/aromatic N) is 2. The quantitative estimate of drug-likeness (QED) is 0.128. The first-order valence-electron chi connectivity index (χ1n) is 21.5. The zero-order valence-corrected chi connectivity index (χ0v) is 37.7. The van der Waals surface area contributed by atoms with E-state index in [9.17, 15) is 19.5 Å². The Kier molecular flexibility index (Phi) is 16.5. The zero-order valence-electron chi connectivity index (χ0n) is 37.7. The smallest absolute Gasteiger partial charge is 0.309 e. The van der Waals surface area contributed by atoms with Crippen molar-refractivity contribution in [1.82, 2.24) is 10.0 Å². The summed E-state index contributed by atoms with van der Waals surface area (Å²) in [6, 6.07) is 0. The molecular formula is C46H81N3O6. The van der Waals surface area contributed by atoms with Gasteiger partial charge in [0.2, 0.25) is 5.91 Å². The number of fused-ring (bicyclic) bond motifs is 7. The highest BCUT2D eigenvalue weighted by atomic mass is 16.5. The number of hydrogen-bond donors (Lipinski definition) is 2. The number of hydrogen-bond acceptors (Lipinski definition) is 7. The second-order valence-electron chi connectivity index (χ2n) is 18.6. The predicted molar refractivity (Wildman–Crippen MR) is 223 cm³/mol. The van der Waals surface area contributed by atoms with Crippen LogP contribution in [0.5, 0.6) is 0 Å². The molecule has 9 unspecified atom stereocenters. The van der Waals surface area contributed by atoms with Gasteiger partial charge in [-0.25, -0.2) is 5.01 Å². The van der Waals surface area contributed by atoms with Crippen molar-refractivity contribution in [3.8, 4) is 0 Å². The zero-order chi connectivity index (χ0) is 42.5. The molecule has 0 saturated heterocycles. The molecule has 4 saturated carbocycles. The molecule has 316 valence electrons. The highest BCUT2D eigenvalue weighted by Gasteiger charge is 2.69. The van der Waals surface area contributed by atoms with Gasteiger partial charge in [0.25, 0.3) is 0 Å². The van der Waals surface area contributed by atoms with Crippen LogP contribution in [0.3, 0.4) is 0 Å².